The fraction of sp³-hybridized carbons (Fsp3) is 0.174. The predicted octanol–water partition coefficient (Wildman–Crippen LogP) is 4.30. The molecule has 1 amide bonds. The topological polar surface area (TPSA) is 75.7 Å². The molecule has 0 saturated heterocycles. The van der Waals surface area contributed by atoms with Gasteiger partial charge in [0.15, 0.2) is 0 Å². The van der Waals surface area contributed by atoms with Gasteiger partial charge in [0, 0.05) is 19.3 Å². The SMILES string of the molecule is CCOc1ccc(NC(=O)c2cc(S(=O)(=O)N(C)Cc3ccccc3)ccc2F)cc1. The number of nitrogens with zero attached hydrogens (tertiary/aromatic N) is 1. The minimum Gasteiger partial charge on any atom is -0.494 e. The van der Waals surface area contributed by atoms with Gasteiger partial charge in [-0.15, -0.1) is 0 Å². The highest BCUT2D eigenvalue weighted by atomic mass is 32.2. The molecule has 8 heteroatoms. The number of benzene rings is 3. The van der Waals surface area contributed by atoms with Crippen molar-refractivity contribution in [1.29, 1.82) is 0 Å². The van der Waals surface area contributed by atoms with Crippen LogP contribution in [-0.2, 0) is 16.6 Å². The maximum atomic E-state index is 14.3. The Morgan fingerprint density at radius 1 is 1.03 bits per heavy atom. The molecule has 162 valence electrons. The summed E-state index contributed by atoms with van der Waals surface area (Å²) in [6.45, 7) is 2.52. The summed E-state index contributed by atoms with van der Waals surface area (Å²) in [5.41, 5.74) is 0.884. The van der Waals surface area contributed by atoms with E-state index in [-0.39, 0.29) is 17.0 Å². The van der Waals surface area contributed by atoms with Crippen molar-refractivity contribution in [2.45, 2.75) is 18.4 Å². The second-order valence-corrected chi connectivity index (χ2v) is 8.84. The third kappa shape index (κ3) is 5.48. The number of amides is 1. The first-order valence-electron chi connectivity index (χ1n) is 9.65. The number of anilines is 1. The van der Waals surface area contributed by atoms with Crippen LogP contribution >= 0.6 is 0 Å². The number of sulfonamides is 1. The highest BCUT2D eigenvalue weighted by molar-refractivity contribution is 7.89. The molecule has 31 heavy (non-hydrogen) atoms. The Labute approximate surface area is 181 Å². The summed E-state index contributed by atoms with van der Waals surface area (Å²) in [7, 11) is -2.49. The number of carbonyl (C=O) groups excluding carboxylic acids is 1. The highest BCUT2D eigenvalue weighted by Gasteiger charge is 2.24. The standard InChI is InChI=1S/C23H23FN2O4S/c1-3-30-19-11-9-18(10-12-19)25-23(27)21-15-20(13-14-22(21)24)31(28,29)26(2)16-17-7-5-4-6-8-17/h4-15H,3,16H2,1-2H3,(H,25,27). The lowest BCUT2D eigenvalue weighted by Gasteiger charge is -2.18. The molecule has 0 spiro atoms. The molecule has 0 radical (unpaired) electrons. The van der Waals surface area contributed by atoms with Gasteiger partial charge in [-0.3, -0.25) is 4.79 Å². The molecular formula is C23H23FN2O4S. The average molecular weight is 443 g/mol. The van der Waals surface area contributed by atoms with Gasteiger partial charge in [0.05, 0.1) is 17.1 Å². The largest absolute Gasteiger partial charge is 0.494 e. The summed E-state index contributed by atoms with van der Waals surface area (Å²) >= 11 is 0. The van der Waals surface area contributed by atoms with Gasteiger partial charge in [0.25, 0.3) is 5.91 Å². The summed E-state index contributed by atoms with van der Waals surface area (Å²) in [5, 5.41) is 2.57. The van der Waals surface area contributed by atoms with E-state index in [1.807, 2.05) is 37.3 Å². The maximum Gasteiger partial charge on any atom is 0.258 e. The van der Waals surface area contributed by atoms with Crippen molar-refractivity contribution in [3.8, 4) is 5.75 Å². The van der Waals surface area contributed by atoms with E-state index in [2.05, 4.69) is 5.32 Å². The molecule has 6 nitrogen and oxygen atoms in total. The maximum absolute atomic E-state index is 14.3. The molecule has 0 bridgehead atoms. The van der Waals surface area contributed by atoms with Crippen molar-refractivity contribution < 1.29 is 22.3 Å². The molecule has 0 aliphatic heterocycles. The monoisotopic (exact) mass is 442 g/mol. The van der Waals surface area contributed by atoms with E-state index in [0.717, 1.165) is 28.1 Å². The van der Waals surface area contributed by atoms with Gasteiger partial charge in [-0.05, 0) is 55.0 Å². The molecule has 0 aliphatic carbocycles. The first kappa shape index (κ1) is 22.5. The molecular weight excluding hydrogens is 419 g/mol. The van der Waals surface area contributed by atoms with Gasteiger partial charge in [-0.1, -0.05) is 30.3 Å². The highest BCUT2D eigenvalue weighted by Crippen LogP contribution is 2.22. The summed E-state index contributed by atoms with van der Waals surface area (Å²) in [6.07, 6.45) is 0. The second kappa shape index (κ2) is 9.72. The molecule has 3 rings (SSSR count). The number of hydrogen-bond acceptors (Lipinski definition) is 4. The van der Waals surface area contributed by atoms with Crippen LogP contribution in [0.2, 0.25) is 0 Å². The summed E-state index contributed by atoms with van der Waals surface area (Å²) in [5.74, 6) is -0.918. The molecule has 3 aromatic rings. The van der Waals surface area contributed by atoms with E-state index in [1.54, 1.807) is 24.3 Å². The van der Waals surface area contributed by atoms with Gasteiger partial charge in [0.2, 0.25) is 10.0 Å². The van der Waals surface area contributed by atoms with Crippen molar-refractivity contribution in [3.63, 3.8) is 0 Å². The Morgan fingerprint density at radius 3 is 2.35 bits per heavy atom. The zero-order chi connectivity index (χ0) is 22.4. The zero-order valence-electron chi connectivity index (χ0n) is 17.2. The van der Waals surface area contributed by atoms with Gasteiger partial charge in [-0.25, -0.2) is 12.8 Å². The minimum atomic E-state index is -3.92. The molecule has 0 saturated carbocycles. The van der Waals surface area contributed by atoms with E-state index in [1.165, 1.54) is 7.05 Å². The van der Waals surface area contributed by atoms with Crippen LogP contribution in [0.1, 0.15) is 22.8 Å². The Hall–Kier alpha value is -3.23. The number of rotatable bonds is 8. The Balaban J connectivity index is 1.80. The van der Waals surface area contributed by atoms with E-state index in [0.29, 0.717) is 18.0 Å². The van der Waals surface area contributed by atoms with Crippen LogP contribution in [0.15, 0.2) is 77.7 Å². The minimum absolute atomic E-state index is 0.147. The van der Waals surface area contributed by atoms with E-state index >= 15 is 0 Å². The van der Waals surface area contributed by atoms with Crippen LogP contribution in [0, 0.1) is 5.82 Å². The third-order valence-corrected chi connectivity index (χ3v) is 6.36. The lowest BCUT2D eigenvalue weighted by atomic mass is 10.2. The Kier molecular flexibility index (Phi) is 7.04. The first-order chi connectivity index (χ1) is 14.8. The second-order valence-electron chi connectivity index (χ2n) is 6.80. The van der Waals surface area contributed by atoms with Gasteiger partial charge < -0.3 is 10.1 Å². The zero-order valence-corrected chi connectivity index (χ0v) is 18.0. The van der Waals surface area contributed by atoms with Gasteiger partial charge >= 0.3 is 0 Å². The molecule has 3 aromatic carbocycles. The molecule has 0 unspecified atom stereocenters. The van der Waals surface area contributed by atoms with Crippen molar-refractivity contribution in [2.75, 3.05) is 19.0 Å². The smallest absolute Gasteiger partial charge is 0.258 e. The fourth-order valence-electron chi connectivity index (χ4n) is 2.94. The first-order valence-corrected chi connectivity index (χ1v) is 11.1. The lowest BCUT2D eigenvalue weighted by molar-refractivity contribution is 0.102. The number of nitrogens with one attached hydrogen (secondary N) is 1. The fourth-order valence-corrected chi connectivity index (χ4v) is 4.13. The Morgan fingerprint density at radius 2 is 1.71 bits per heavy atom. The van der Waals surface area contributed by atoms with Crippen LogP contribution in [0.4, 0.5) is 10.1 Å². The lowest BCUT2D eigenvalue weighted by Crippen LogP contribution is -2.27. The molecule has 0 fully saturated rings. The van der Waals surface area contributed by atoms with E-state index in [9.17, 15) is 17.6 Å². The van der Waals surface area contributed by atoms with E-state index in [4.69, 9.17) is 4.74 Å². The molecule has 0 aliphatic rings. The quantitative estimate of drug-likeness (QED) is 0.565. The molecule has 1 N–H and O–H groups in total. The van der Waals surface area contributed by atoms with Crippen molar-refractivity contribution in [3.05, 3.63) is 89.7 Å². The Bertz CT molecular complexity index is 1150. The van der Waals surface area contributed by atoms with Crippen molar-refractivity contribution >= 4 is 21.6 Å². The molecule has 0 heterocycles. The van der Waals surface area contributed by atoms with Crippen LogP contribution in [-0.4, -0.2) is 32.3 Å². The molecule has 0 atom stereocenters. The third-order valence-electron chi connectivity index (χ3n) is 4.56. The predicted molar refractivity (Wildman–Crippen MR) is 117 cm³/mol. The van der Waals surface area contributed by atoms with Crippen LogP contribution in [0.3, 0.4) is 0 Å². The summed E-state index contributed by atoms with van der Waals surface area (Å²) in [6, 6.07) is 18.9. The van der Waals surface area contributed by atoms with Crippen LogP contribution in [0.25, 0.3) is 0 Å². The number of carbonyl (C=O) groups is 1. The number of hydrogen-bond donors (Lipinski definition) is 1. The average Bonchev–Trinajstić information content (AvgIpc) is 2.76. The summed E-state index contributed by atoms with van der Waals surface area (Å²) in [4.78, 5) is 12.4. The normalized spacial score (nSPS) is 11.4. The van der Waals surface area contributed by atoms with E-state index < -0.39 is 21.7 Å². The van der Waals surface area contributed by atoms with Gasteiger partial charge in [0.1, 0.15) is 11.6 Å². The number of ether oxygens (including phenoxy) is 1. The van der Waals surface area contributed by atoms with Crippen LogP contribution < -0.4 is 10.1 Å². The van der Waals surface area contributed by atoms with Gasteiger partial charge in [-0.2, -0.15) is 4.31 Å². The van der Waals surface area contributed by atoms with Crippen molar-refractivity contribution in [2.24, 2.45) is 0 Å². The van der Waals surface area contributed by atoms with Crippen molar-refractivity contribution in [1.82, 2.24) is 4.31 Å². The van der Waals surface area contributed by atoms with Crippen LogP contribution in [0.5, 0.6) is 5.75 Å². The summed E-state index contributed by atoms with van der Waals surface area (Å²) < 4.78 is 46.7. The number of halogens is 1. The molecule has 0 aromatic heterocycles.